The third kappa shape index (κ3) is 5.34. The fourth-order valence-electron chi connectivity index (χ4n) is 8.43. The lowest BCUT2D eigenvalue weighted by Gasteiger charge is -2.28. The van der Waals surface area contributed by atoms with Crippen LogP contribution < -0.4 is 9.80 Å². The van der Waals surface area contributed by atoms with Gasteiger partial charge in [-0.25, -0.2) is 0 Å². The molecule has 0 atom stereocenters. The highest BCUT2D eigenvalue weighted by molar-refractivity contribution is 7.26. The number of hydrogen-bond donors (Lipinski definition) is 0. The normalized spacial score (nSPS) is 11.6. The number of fused-ring (bicyclic) bond motifs is 8. The van der Waals surface area contributed by atoms with Crippen LogP contribution in [0.15, 0.2) is 212 Å². The topological polar surface area (TPSA) is 11.4 Å². The highest BCUT2D eigenvalue weighted by Gasteiger charge is 2.20. The van der Waals surface area contributed by atoms with E-state index in [0.717, 1.165) is 39.8 Å². The van der Waals surface area contributed by atoms with E-state index in [9.17, 15) is 0 Å². The maximum atomic E-state index is 2.38. The summed E-state index contributed by atoms with van der Waals surface area (Å²) < 4.78 is 4.99. The van der Waals surface area contributed by atoms with Crippen LogP contribution in [-0.4, -0.2) is 4.57 Å². The SMILES string of the molecule is c1ccc(N(c2ccc(N(c3ccccc3)c3ccc4c5ccccc5n(-c5ccccc5)c4c3)cc2)c2ccc3sc4ccc5ccccc5c4c3c2)cc1. The molecule has 11 aromatic rings. The van der Waals surface area contributed by atoms with E-state index < -0.39 is 0 Å². The Labute approximate surface area is 329 Å². The molecule has 0 radical (unpaired) electrons. The van der Waals surface area contributed by atoms with Gasteiger partial charge in [0.25, 0.3) is 0 Å². The summed E-state index contributed by atoms with van der Waals surface area (Å²) in [6, 6.07) is 76.8. The molecule has 56 heavy (non-hydrogen) atoms. The number of benzene rings is 9. The van der Waals surface area contributed by atoms with Crippen molar-refractivity contribution < 1.29 is 0 Å². The van der Waals surface area contributed by atoms with E-state index in [4.69, 9.17) is 0 Å². The van der Waals surface area contributed by atoms with E-state index in [-0.39, 0.29) is 0 Å². The first kappa shape index (κ1) is 32.3. The average Bonchev–Trinajstić information content (AvgIpc) is 3.81. The minimum atomic E-state index is 1.08. The van der Waals surface area contributed by atoms with Gasteiger partial charge in [0.2, 0.25) is 0 Å². The van der Waals surface area contributed by atoms with Crippen molar-refractivity contribution in [3.8, 4) is 5.69 Å². The maximum absolute atomic E-state index is 2.38. The van der Waals surface area contributed by atoms with Gasteiger partial charge in [0.15, 0.2) is 0 Å². The van der Waals surface area contributed by atoms with Crippen LogP contribution in [0.25, 0.3) is 58.4 Å². The molecule has 0 fully saturated rings. The summed E-state index contributed by atoms with van der Waals surface area (Å²) in [4.78, 5) is 4.73. The summed E-state index contributed by atoms with van der Waals surface area (Å²) in [5.74, 6) is 0. The molecule has 4 heteroatoms. The van der Waals surface area contributed by atoms with Gasteiger partial charge in [0.1, 0.15) is 0 Å². The van der Waals surface area contributed by atoms with E-state index in [2.05, 4.69) is 227 Å². The second kappa shape index (κ2) is 13.3. The van der Waals surface area contributed by atoms with E-state index in [1.807, 2.05) is 11.3 Å². The largest absolute Gasteiger partial charge is 0.310 e. The van der Waals surface area contributed by atoms with Crippen molar-refractivity contribution in [3.63, 3.8) is 0 Å². The van der Waals surface area contributed by atoms with Crippen LogP contribution in [0.2, 0.25) is 0 Å². The molecule has 0 unspecified atom stereocenters. The molecular formula is C52H35N3S. The van der Waals surface area contributed by atoms with Crippen LogP contribution in [0.1, 0.15) is 0 Å². The molecule has 9 aromatic carbocycles. The number of aromatic nitrogens is 1. The van der Waals surface area contributed by atoms with Gasteiger partial charge in [-0.3, -0.25) is 0 Å². The van der Waals surface area contributed by atoms with Gasteiger partial charge < -0.3 is 14.4 Å². The molecule has 11 rings (SSSR count). The first-order valence-electron chi connectivity index (χ1n) is 19.0. The molecule has 0 bridgehead atoms. The number of para-hydroxylation sites is 4. The molecule has 0 aliphatic heterocycles. The van der Waals surface area contributed by atoms with Crippen LogP contribution in [0, 0.1) is 0 Å². The number of thiophene rings is 1. The predicted molar refractivity (Wildman–Crippen MR) is 241 cm³/mol. The van der Waals surface area contributed by atoms with Crippen LogP contribution in [0.3, 0.4) is 0 Å². The van der Waals surface area contributed by atoms with Gasteiger partial charge in [-0.1, -0.05) is 109 Å². The van der Waals surface area contributed by atoms with E-state index in [0.29, 0.717) is 0 Å². The zero-order valence-corrected chi connectivity index (χ0v) is 31.3. The van der Waals surface area contributed by atoms with Crippen molar-refractivity contribution in [2.24, 2.45) is 0 Å². The Morgan fingerprint density at radius 2 is 0.821 bits per heavy atom. The zero-order valence-electron chi connectivity index (χ0n) is 30.5. The van der Waals surface area contributed by atoms with Gasteiger partial charge in [-0.05, 0) is 114 Å². The fourth-order valence-corrected chi connectivity index (χ4v) is 9.53. The molecule has 2 aromatic heterocycles. The molecule has 0 saturated heterocycles. The third-order valence-corrected chi connectivity index (χ3v) is 12.1. The lowest BCUT2D eigenvalue weighted by Crippen LogP contribution is -2.12. The van der Waals surface area contributed by atoms with Gasteiger partial charge >= 0.3 is 0 Å². The van der Waals surface area contributed by atoms with Gasteiger partial charge in [0, 0.05) is 70.8 Å². The quantitative estimate of drug-likeness (QED) is 0.162. The number of nitrogens with zero attached hydrogens (tertiary/aromatic N) is 3. The molecular weight excluding hydrogens is 699 g/mol. The average molecular weight is 734 g/mol. The molecule has 0 N–H and O–H groups in total. The number of anilines is 6. The van der Waals surface area contributed by atoms with Crippen LogP contribution in [0.4, 0.5) is 34.1 Å². The Balaban J connectivity index is 1.06. The first-order valence-corrected chi connectivity index (χ1v) is 19.8. The summed E-state index contributed by atoms with van der Waals surface area (Å²) in [5, 5.41) is 7.66. The predicted octanol–water partition coefficient (Wildman–Crippen LogP) is 15.2. The van der Waals surface area contributed by atoms with Gasteiger partial charge in [-0.2, -0.15) is 0 Å². The number of rotatable bonds is 7. The van der Waals surface area contributed by atoms with Crippen LogP contribution in [-0.2, 0) is 0 Å². The Kier molecular flexibility index (Phi) is 7.68. The second-order valence-corrected chi connectivity index (χ2v) is 15.3. The molecule has 3 nitrogen and oxygen atoms in total. The van der Waals surface area contributed by atoms with Gasteiger partial charge in [-0.15, -0.1) is 11.3 Å². The molecule has 0 amide bonds. The van der Waals surface area contributed by atoms with Crippen molar-refractivity contribution in [1.82, 2.24) is 4.57 Å². The Morgan fingerprint density at radius 1 is 0.321 bits per heavy atom. The molecule has 0 aliphatic carbocycles. The smallest absolute Gasteiger partial charge is 0.0561 e. The Bertz CT molecular complexity index is 3180. The Hall–Kier alpha value is -7.14. The zero-order chi connectivity index (χ0) is 37.0. The second-order valence-electron chi connectivity index (χ2n) is 14.2. The molecule has 0 aliphatic rings. The van der Waals surface area contributed by atoms with E-state index >= 15 is 0 Å². The van der Waals surface area contributed by atoms with Crippen LogP contribution >= 0.6 is 11.3 Å². The summed E-state index contributed by atoms with van der Waals surface area (Å²) in [7, 11) is 0. The highest BCUT2D eigenvalue weighted by Crippen LogP contribution is 2.44. The minimum Gasteiger partial charge on any atom is -0.310 e. The summed E-state index contributed by atoms with van der Waals surface area (Å²) in [6.45, 7) is 0. The lowest BCUT2D eigenvalue weighted by atomic mass is 10.0. The van der Waals surface area contributed by atoms with E-state index in [1.165, 1.54) is 52.8 Å². The standard InChI is InChI=1S/C52H35N3S/c1-4-15-37(16-5-1)53(42-30-33-50-47(34-42)52-44-21-11-10-14-36(44)24-32-51(52)56-50)40-25-27-41(28-26-40)54(38-17-6-2-7-18-38)43-29-31-46-45-22-12-13-23-48(45)55(49(46)35-43)39-19-8-3-9-20-39/h1-35H. The minimum absolute atomic E-state index is 1.08. The summed E-state index contributed by atoms with van der Waals surface area (Å²) in [6.07, 6.45) is 0. The maximum Gasteiger partial charge on any atom is 0.0561 e. The van der Waals surface area contributed by atoms with Crippen molar-refractivity contribution >= 4 is 98.2 Å². The van der Waals surface area contributed by atoms with E-state index in [1.54, 1.807) is 0 Å². The molecule has 2 heterocycles. The van der Waals surface area contributed by atoms with Crippen molar-refractivity contribution in [2.75, 3.05) is 9.80 Å². The van der Waals surface area contributed by atoms with Gasteiger partial charge in [0.05, 0.1) is 11.0 Å². The molecule has 0 saturated carbocycles. The fraction of sp³-hybridized carbons (Fsp3) is 0. The summed E-state index contributed by atoms with van der Waals surface area (Å²) >= 11 is 1.87. The third-order valence-electron chi connectivity index (χ3n) is 10.9. The van der Waals surface area contributed by atoms with Crippen molar-refractivity contribution in [3.05, 3.63) is 212 Å². The monoisotopic (exact) mass is 733 g/mol. The lowest BCUT2D eigenvalue weighted by molar-refractivity contribution is 1.18. The van der Waals surface area contributed by atoms with Crippen molar-refractivity contribution in [1.29, 1.82) is 0 Å². The number of hydrogen-bond acceptors (Lipinski definition) is 3. The summed E-state index contributed by atoms with van der Waals surface area (Å²) in [5.41, 5.74) is 10.1. The molecule has 264 valence electrons. The highest BCUT2D eigenvalue weighted by atomic mass is 32.1. The molecule has 0 spiro atoms. The van der Waals surface area contributed by atoms with Crippen LogP contribution in [0.5, 0.6) is 0 Å². The first-order chi connectivity index (χ1) is 27.8. The van der Waals surface area contributed by atoms with Crippen molar-refractivity contribution in [2.45, 2.75) is 0 Å². The Morgan fingerprint density at radius 3 is 1.52 bits per heavy atom.